The fraction of sp³-hybridized carbons (Fsp3) is 0.269. The van der Waals surface area contributed by atoms with Gasteiger partial charge in [-0.15, -0.1) is 0 Å². The van der Waals surface area contributed by atoms with Crippen molar-refractivity contribution in [1.82, 2.24) is 0 Å². The van der Waals surface area contributed by atoms with Crippen LogP contribution < -0.4 is 4.90 Å². The second-order valence-electron chi connectivity index (χ2n) is 8.73. The molecule has 0 atom stereocenters. The molecule has 2 N–H and O–H groups in total. The van der Waals surface area contributed by atoms with Crippen LogP contribution in [-0.2, 0) is 20.3 Å². The minimum absolute atomic E-state index is 0.153. The van der Waals surface area contributed by atoms with Crippen molar-refractivity contribution in [3.8, 4) is 0 Å². The summed E-state index contributed by atoms with van der Waals surface area (Å²) in [6, 6.07) is 14.2. The number of nitrogens with zero attached hydrogens (tertiary/aromatic N) is 2. The molecule has 2 aromatic carbocycles. The summed E-state index contributed by atoms with van der Waals surface area (Å²) in [4.78, 5) is 25.6. The van der Waals surface area contributed by atoms with Gasteiger partial charge >= 0.3 is 5.97 Å². The Morgan fingerprint density at radius 1 is 1.06 bits per heavy atom. The summed E-state index contributed by atoms with van der Waals surface area (Å²) in [7, 11) is -4.12. The van der Waals surface area contributed by atoms with Crippen LogP contribution in [0.3, 0.4) is 0 Å². The van der Waals surface area contributed by atoms with Crippen LogP contribution in [0.4, 0.5) is 11.4 Å². The number of para-hydroxylation sites is 1. The molecule has 0 aliphatic carbocycles. The van der Waals surface area contributed by atoms with Gasteiger partial charge in [-0.25, -0.2) is 4.79 Å². The van der Waals surface area contributed by atoms with Crippen LogP contribution in [0.25, 0.3) is 0 Å². The Hall–Kier alpha value is -3.56. The van der Waals surface area contributed by atoms with Gasteiger partial charge in [0.2, 0.25) is 11.6 Å². The van der Waals surface area contributed by atoms with Crippen LogP contribution in [0.2, 0.25) is 0 Å². The molecule has 8 nitrogen and oxygen atoms in total. The van der Waals surface area contributed by atoms with Crippen molar-refractivity contribution in [2.75, 3.05) is 17.2 Å². The van der Waals surface area contributed by atoms with E-state index < -0.39 is 27.3 Å². The summed E-state index contributed by atoms with van der Waals surface area (Å²) in [6.07, 6.45) is 7.12. The molecule has 1 heterocycles. The number of carbonyl (C=O) groups excluding carboxylic acids is 1. The molecular weight excluding hydrogens is 468 g/mol. The van der Waals surface area contributed by atoms with Crippen molar-refractivity contribution >= 4 is 39.1 Å². The highest BCUT2D eigenvalue weighted by Crippen LogP contribution is 2.42. The smallest absolute Gasteiger partial charge is 0.336 e. The van der Waals surface area contributed by atoms with Gasteiger partial charge in [-0.2, -0.15) is 13.0 Å². The molecule has 184 valence electrons. The zero-order valence-corrected chi connectivity index (χ0v) is 20.7. The zero-order chi connectivity index (χ0) is 25.8. The van der Waals surface area contributed by atoms with Gasteiger partial charge in [-0.05, 0) is 38.1 Å². The lowest BCUT2D eigenvalue weighted by Gasteiger charge is -2.17. The number of carbonyl (C=O) groups is 2. The average Bonchev–Trinajstić information content (AvgIpc) is 2.99. The van der Waals surface area contributed by atoms with Crippen molar-refractivity contribution in [2.24, 2.45) is 0 Å². The predicted molar refractivity (Wildman–Crippen MR) is 135 cm³/mol. The van der Waals surface area contributed by atoms with Gasteiger partial charge in [0.05, 0.1) is 22.3 Å². The van der Waals surface area contributed by atoms with E-state index in [-0.39, 0.29) is 24.4 Å². The number of hydrogen-bond acceptors (Lipinski definition) is 4. The molecular formula is C26H29N2O6S+. The summed E-state index contributed by atoms with van der Waals surface area (Å²) in [6.45, 7) is 5.57. The van der Waals surface area contributed by atoms with E-state index in [1.54, 1.807) is 36.6 Å². The van der Waals surface area contributed by atoms with Gasteiger partial charge in [-0.1, -0.05) is 30.3 Å². The SMILES string of the molecule is CC(=O)N(/C=C/C=C/C1=[N+](CCCS(=O)(=O)O)c2cccc(C(=O)O)c2C1(C)C)c1ccccc1. The van der Waals surface area contributed by atoms with Crippen LogP contribution in [0.15, 0.2) is 73.0 Å². The lowest BCUT2D eigenvalue weighted by atomic mass is 9.79. The molecule has 0 bridgehead atoms. The van der Waals surface area contributed by atoms with Crippen LogP contribution in [0.5, 0.6) is 0 Å². The second kappa shape index (κ2) is 10.4. The van der Waals surface area contributed by atoms with E-state index in [4.69, 9.17) is 4.55 Å². The first kappa shape index (κ1) is 26.1. The van der Waals surface area contributed by atoms with Gasteiger partial charge < -0.3 is 5.11 Å². The van der Waals surface area contributed by atoms with Crippen LogP contribution in [0.1, 0.15) is 43.1 Å². The topological polar surface area (TPSA) is 115 Å². The number of allylic oxidation sites excluding steroid dienone is 3. The molecule has 1 aliphatic rings. The second-order valence-corrected chi connectivity index (χ2v) is 10.3. The number of rotatable bonds is 9. The normalized spacial score (nSPS) is 15.1. The van der Waals surface area contributed by atoms with E-state index in [1.807, 2.05) is 54.8 Å². The monoisotopic (exact) mass is 497 g/mol. The van der Waals surface area contributed by atoms with Gasteiger partial charge in [0.25, 0.3) is 10.1 Å². The standard InChI is InChI=1S/C26H28N2O6S/c1-19(29)27(20-11-5-4-6-12-20)16-8-7-15-23-26(2,3)24-21(25(30)31)13-9-14-22(24)28(23)17-10-18-35(32,33)34/h4-9,11-16H,10,17-18H2,1-3H3,(H-,30,31,32,33,34)/p+1. The molecule has 0 saturated heterocycles. The number of amides is 1. The zero-order valence-electron chi connectivity index (χ0n) is 19.9. The van der Waals surface area contributed by atoms with Gasteiger partial charge in [0.1, 0.15) is 6.54 Å². The predicted octanol–water partition coefficient (Wildman–Crippen LogP) is 4.16. The first-order valence-electron chi connectivity index (χ1n) is 11.1. The molecule has 0 aromatic heterocycles. The summed E-state index contributed by atoms with van der Waals surface area (Å²) >= 11 is 0. The highest BCUT2D eigenvalue weighted by molar-refractivity contribution is 7.85. The quantitative estimate of drug-likeness (QED) is 0.305. The average molecular weight is 498 g/mol. The minimum atomic E-state index is -4.12. The largest absolute Gasteiger partial charge is 0.478 e. The van der Waals surface area contributed by atoms with E-state index in [2.05, 4.69) is 0 Å². The molecule has 0 saturated carbocycles. The highest BCUT2D eigenvalue weighted by atomic mass is 32.2. The van der Waals surface area contributed by atoms with E-state index in [9.17, 15) is 23.1 Å². The Bertz CT molecular complexity index is 1320. The lowest BCUT2D eigenvalue weighted by Crippen LogP contribution is -2.29. The summed E-state index contributed by atoms with van der Waals surface area (Å²) in [5, 5.41) is 9.77. The fourth-order valence-corrected chi connectivity index (χ4v) is 4.88. The van der Waals surface area contributed by atoms with Crippen LogP contribution in [0, 0.1) is 0 Å². The Kier molecular flexibility index (Phi) is 7.72. The van der Waals surface area contributed by atoms with E-state index in [0.717, 1.165) is 11.4 Å². The maximum Gasteiger partial charge on any atom is 0.336 e. The van der Waals surface area contributed by atoms with Gasteiger partial charge in [0.15, 0.2) is 5.71 Å². The van der Waals surface area contributed by atoms with Crippen LogP contribution in [-0.4, -0.2) is 52.5 Å². The highest BCUT2D eigenvalue weighted by Gasteiger charge is 2.46. The van der Waals surface area contributed by atoms with E-state index >= 15 is 0 Å². The fourth-order valence-electron chi connectivity index (χ4n) is 4.38. The number of aromatic carboxylic acids is 1. The van der Waals surface area contributed by atoms with Crippen LogP contribution >= 0.6 is 0 Å². The molecule has 3 rings (SSSR count). The molecule has 0 spiro atoms. The van der Waals surface area contributed by atoms with E-state index in [0.29, 0.717) is 11.3 Å². The van der Waals surface area contributed by atoms with Crippen molar-refractivity contribution in [1.29, 1.82) is 0 Å². The Morgan fingerprint density at radius 2 is 1.74 bits per heavy atom. The number of benzene rings is 2. The Balaban J connectivity index is 1.99. The first-order valence-corrected chi connectivity index (χ1v) is 12.7. The van der Waals surface area contributed by atoms with Crippen molar-refractivity contribution in [3.05, 3.63) is 84.1 Å². The summed E-state index contributed by atoms with van der Waals surface area (Å²) in [5.41, 5.74) is 2.31. The Labute approximate surface area is 205 Å². The summed E-state index contributed by atoms with van der Waals surface area (Å²) < 4.78 is 33.5. The maximum atomic E-state index is 12.1. The number of hydrogen-bond donors (Lipinski definition) is 2. The molecule has 0 fully saturated rings. The van der Waals surface area contributed by atoms with Crippen molar-refractivity contribution in [2.45, 2.75) is 32.6 Å². The maximum absolute atomic E-state index is 12.1. The minimum Gasteiger partial charge on any atom is -0.478 e. The summed E-state index contributed by atoms with van der Waals surface area (Å²) in [5.74, 6) is -1.60. The number of carboxylic acids is 1. The molecule has 1 aliphatic heterocycles. The lowest BCUT2D eigenvalue weighted by molar-refractivity contribution is -0.437. The molecule has 2 aromatic rings. The van der Waals surface area contributed by atoms with Crippen molar-refractivity contribution in [3.63, 3.8) is 0 Å². The third kappa shape index (κ3) is 5.93. The Morgan fingerprint density at radius 3 is 2.34 bits per heavy atom. The number of fused-ring (bicyclic) bond motifs is 1. The molecule has 9 heteroatoms. The molecule has 35 heavy (non-hydrogen) atoms. The third-order valence-corrected chi connectivity index (χ3v) is 6.68. The third-order valence-electron chi connectivity index (χ3n) is 5.88. The number of carboxylic acid groups (broad SMARTS) is 1. The van der Waals surface area contributed by atoms with Gasteiger partial charge in [-0.3, -0.25) is 14.2 Å². The molecule has 1 amide bonds. The van der Waals surface area contributed by atoms with Gasteiger partial charge in [0, 0.05) is 37.4 Å². The first-order chi connectivity index (χ1) is 16.4. The van der Waals surface area contributed by atoms with Crippen molar-refractivity contribution < 1.29 is 32.2 Å². The number of anilines is 1. The molecule has 0 radical (unpaired) electrons. The molecule has 0 unspecified atom stereocenters. The van der Waals surface area contributed by atoms with E-state index in [1.165, 1.54) is 11.8 Å².